The number of rotatable bonds is 2. The third-order valence-electron chi connectivity index (χ3n) is 4.15. The van der Waals surface area contributed by atoms with Gasteiger partial charge in [0.15, 0.2) is 6.23 Å². The Hall–Kier alpha value is -1.74. The molecule has 1 aliphatic heterocycles. The van der Waals surface area contributed by atoms with Gasteiger partial charge in [0.1, 0.15) is 35.6 Å². The fraction of sp³-hybridized carbons (Fsp3) is 0.571. The fourth-order valence-corrected chi connectivity index (χ4v) is 2.88. The van der Waals surface area contributed by atoms with Gasteiger partial charge in [-0.2, -0.15) is 0 Å². The summed E-state index contributed by atoms with van der Waals surface area (Å²) in [6.45, 7) is 4.50. The van der Waals surface area contributed by atoms with Crippen molar-refractivity contribution in [2.75, 3.05) is 5.73 Å². The molecule has 2 aromatic rings. The fourth-order valence-electron chi connectivity index (χ4n) is 2.88. The number of nitrogens with two attached hydrogens (primary N) is 1. The Morgan fingerprint density at radius 1 is 1.41 bits per heavy atom. The molecule has 2 aromatic heterocycles. The van der Waals surface area contributed by atoms with Crippen molar-refractivity contribution in [2.24, 2.45) is 0 Å². The van der Waals surface area contributed by atoms with Crippen molar-refractivity contribution in [2.45, 2.75) is 50.4 Å². The van der Waals surface area contributed by atoms with E-state index in [1.807, 2.05) is 0 Å². The van der Waals surface area contributed by atoms with Crippen molar-refractivity contribution in [1.82, 2.24) is 14.5 Å². The molecule has 3 heterocycles. The first-order valence-corrected chi connectivity index (χ1v) is 6.99. The molecule has 4 atom stereocenters. The number of ether oxygens (including phenoxy) is 1. The van der Waals surface area contributed by atoms with Crippen LogP contribution in [0.1, 0.15) is 27.0 Å². The van der Waals surface area contributed by atoms with Crippen molar-refractivity contribution in [1.29, 1.82) is 0 Å². The monoisotopic (exact) mass is 308 g/mol. The number of nitrogen functional groups attached to an aromatic ring is 1. The van der Waals surface area contributed by atoms with E-state index in [4.69, 9.17) is 10.5 Å². The maximum absolute atomic E-state index is 10.7. The minimum Gasteiger partial charge on any atom is -0.388 e. The molecule has 120 valence electrons. The first kappa shape index (κ1) is 15.2. The number of anilines is 1. The number of fused-ring (bicyclic) bond motifs is 1. The molecule has 0 bridgehead atoms. The molecular weight excluding hydrogens is 288 g/mol. The Morgan fingerprint density at radius 2 is 2.09 bits per heavy atom. The maximum Gasteiger partial charge on any atom is 0.167 e. The van der Waals surface area contributed by atoms with Crippen LogP contribution in [0.25, 0.3) is 11.0 Å². The summed E-state index contributed by atoms with van der Waals surface area (Å²) < 4.78 is 7.34. The zero-order valence-electron chi connectivity index (χ0n) is 12.6. The second-order valence-corrected chi connectivity index (χ2v) is 6.45. The molecule has 0 saturated carbocycles. The standard InChI is InChI=1S/C14H20N4O4/c1-13(2,20)9-8(19)14(3,21)12(22-9)18-5-4-7-10(15)16-6-17-11(7)18/h4-6,8-9,12,19-21H,1-3H3,(H2,15,16,17)/t8-,9-,12+,14+/m0/s1. The van der Waals surface area contributed by atoms with Gasteiger partial charge in [-0.3, -0.25) is 0 Å². The number of aliphatic hydroxyl groups is 3. The van der Waals surface area contributed by atoms with E-state index in [1.165, 1.54) is 27.1 Å². The normalized spacial score (nSPS) is 32.7. The molecule has 0 amide bonds. The van der Waals surface area contributed by atoms with Gasteiger partial charge < -0.3 is 30.4 Å². The lowest BCUT2D eigenvalue weighted by Crippen LogP contribution is -2.49. The second-order valence-electron chi connectivity index (χ2n) is 6.45. The Kier molecular flexibility index (Phi) is 3.19. The van der Waals surface area contributed by atoms with E-state index in [9.17, 15) is 15.3 Å². The zero-order valence-corrected chi connectivity index (χ0v) is 12.6. The van der Waals surface area contributed by atoms with E-state index in [0.717, 1.165) is 0 Å². The van der Waals surface area contributed by atoms with Crippen LogP contribution in [0, 0.1) is 0 Å². The summed E-state index contributed by atoms with van der Waals surface area (Å²) in [5.74, 6) is 0.320. The summed E-state index contributed by atoms with van der Waals surface area (Å²) >= 11 is 0. The SMILES string of the molecule is CC(C)(O)[C@H]1O[C@@H](n2ccc3c(N)ncnc32)[C@](C)(O)[C@H]1O. The molecule has 5 N–H and O–H groups in total. The van der Waals surface area contributed by atoms with E-state index < -0.39 is 29.6 Å². The average Bonchev–Trinajstić information content (AvgIpc) is 2.91. The molecule has 22 heavy (non-hydrogen) atoms. The van der Waals surface area contributed by atoms with Crippen LogP contribution in [0.15, 0.2) is 18.6 Å². The first-order chi connectivity index (χ1) is 10.1. The summed E-state index contributed by atoms with van der Waals surface area (Å²) in [4.78, 5) is 8.07. The van der Waals surface area contributed by atoms with Gasteiger partial charge in [-0.25, -0.2) is 9.97 Å². The van der Waals surface area contributed by atoms with Gasteiger partial charge in [0, 0.05) is 6.20 Å². The van der Waals surface area contributed by atoms with Crippen LogP contribution in [0.4, 0.5) is 5.82 Å². The van der Waals surface area contributed by atoms with Crippen molar-refractivity contribution < 1.29 is 20.1 Å². The van der Waals surface area contributed by atoms with Crippen molar-refractivity contribution >= 4 is 16.9 Å². The Bertz CT molecular complexity index is 706. The quantitative estimate of drug-likeness (QED) is 0.604. The highest BCUT2D eigenvalue weighted by molar-refractivity contribution is 5.86. The highest BCUT2D eigenvalue weighted by Gasteiger charge is 2.57. The van der Waals surface area contributed by atoms with Crippen LogP contribution >= 0.6 is 0 Å². The summed E-state index contributed by atoms with van der Waals surface area (Å²) in [6, 6.07) is 1.72. The molecule has 0 aromatic carbocycles. The van der Waals surface area contributed by atoms with Gasteiger partial charge in [0.2, 0.25) is 0 Å². The topological polar surface area (TPSA) is 127 Å². The summed E-state index contributed by atoms with van der Waals surface area (Å²) in [5, 5.41) is 31.8. The van der Waals surface area contributed by atoms with Crippen LogP contribution < -0.4 is 5.73 Å². The molecule has 0 radical (unpaired) electrons. The largest absolute Gasteiger partial charge is 0.388 e. The summed E-state index contributed by atoms with van der Waals surface area (Å²) in [7, 11) is 0. The minimum absolute atomic E-state index is 0.320. The predicted molar refractivity (Wildman–Crippen MR) is 78.8 cm³/mol. The molecule has 8 nitrogen and oxygen atoms in total. The zero-order chi connectivity index (χ0) is 16.3. The summed E-state index contributed by atoms with van der Waals surface area (Å²) in [6.07, 6.45) is -0.125. The molecule has 8 heteroatoms. The lowest BCUT2D eigenvalue weighted by Gasteiger charge is -2.29. The number of hydrogen-bond acceptors (Lipinski definition) is 7. The van der Waals surface area contributed by atoms with Gasteiger partial charge in [0.25, 0.3) is 0 Å². The summed E-state index contributed by atoms with van der Waals surface area (Å²) in [5.41, 5.74) is 3.38. The molecule has 0 aliphatic carbocycles. The van der Waals surface area contributed by atoms with E-state index in [2.05, 4.69) is 9.97 Å². The average molecular weight is 308 g/mol. The van der Waals surface area contributed by atoms with E-state index in [1.54, 1.807) is 16.8 Å². The molecule has 1 fully saturated rings. The third kappa shape index (κ3) is 2.07. The molecule has 3 rings (SSSR count). The van der Waals surface area contributed by atoms with E-state index in [-0.39, 0.29) is 0 Å². The van der Waals surface area contributed by atoms with Gasteiger partial charge in [0.05, 0.1) is 11.0 Å². The second kappa shape index (κ2) is 4.63. The highest BCUT2D eigenvalue weighted by Crippen LogP contribution is 2.43. The molecule has 1 saturated heterocycles. The minimum atomic E-state index is -1.60. The van der Waals surface area contributed by atoms with Crippen molar-refractivity contribution in [3.05, 3.63) is 18.6 Å². The Morgan fingerprint density at radius 3 is 2.68 bits per heavy atom. The number of aliphatic hydroxyl groups excluding tert-OH is 1. The maximum atomic E-state index is 10.7. The van der Waals surface area contributed by atoms with Crippen LogP contribution in [0.5, 0.6) is 0 Å². The number of nitrogens with zero attached hydrogens (tertiary/aromatic N) is 3. The van der Waals surface area contributed by atoms with Crippen LogP contribution in [0.3, 0.4) is 0 Å². The molecular formula is C14H20N4O4. The van der Waals surface area contributed by atoms with Crippen LogP contribution in [-0.2, 0) is 4.74 Å². The Balaban J connectivity index is 2.09. The predicted octanol–water partition coefficient (Wildman–Crippen LogP) is -0.206. The van der Waals surface area contributed by atoms with Gasteiger partial charge in [-0.15, -0.1) is 0 Å². The lowest BCUT2D eigenvalue weighted by molar-refractivity contribution is -0.124. The van der Waals surface area contributed by atoms with Crippen LogP contribution in [0.2, 0.25) is 0 Å². The van der Waals surface area contributed by atoms with E-state index >= 15 is 0 Å². The van der Waals surface area contributed by atoms with Gasteiger partial charge in [-0.1, -0.05) is 0 Å². The number of aromatic nitrogens is 3. The molecule has 1 aliphatic rings. The Labute approximate surface area is 127 Å². The van der Waals surface area contributed by atoms with Crippen LogP contribution in [-0.4, -0.2) is 53.3 Å². The smallest absolute Gasteiger partial charge is 0.167 e. The third-order valence-corrected chi connectivity index (χ3v) is 4.15. The van der Waals surface area contributed by atoms with Gasteiger partial charge >= 0.3 is 0 Å². The first-order valence-electron chi connectivity index (χ1n) is 6.99. The van der Waals surface area contributed by atoms with Crippen molar-refractivity contribution in [3.63, 3.8) is 0 Å². The number of hydrogen-bond donors (Lipinski definition) is 4. The highest BCUT2D eigenvalue weighted by atomic mass is 16.6. The molecule has 0 spiro atoms. The van der Waals surface area contributed by atoms with Crippen molar-refractivity contribution in [3.8, 4) is 0 Å². The van der Waals surface area contributed by atoms with E-state index in [0.29, 0.717) is 16.9 Å². The lowest BCUT2D eigenvalue weighted by atomic mass is 9.89. The van der Waals surface area contributed by atoms with Gasteiger partial charge in [-0.05, 0) is 26.8 Å². The molecule has 0 unspecified atom stereocenters.